The molecular weight excluding hydrogens is 240 g/mol. The zero-order valence-corrected chi connectivity index (χ0v) is 11.5. The highest BCUT2D eigenvalue weighted by Gasteiger charge is 2.24. The summed E-state index contributed by atoms with van der Waals surface area (Å²) in [6.07, 6.45) is 17.4. The normalized spacial score (nSPS) is 23.9. The number of hydrogen-bond acceptors (Lipinski definition) is 0. The zero-order chi connectivity index (χ0) is 13.4. The average Bonchev–Trinajstić information content (AvgIpc) is 2.55. The van der Waals surface area contributed by atoms with Crippen molar-refractivity contribution < 1.29 is 0 Å². The minimum Gasteiger partial charge on any atom is -0.0836 e. The van der Waals surface area contributed by atoms with Gasteiger partial charge in [-0.05, 0) is 47.1 Å². The zero-order valence-electron chi connectivity index (χ0n) is 11.5. The number of rotatable bonds is 1. The van der Waals surface area contributed by atoms with Crippen LogP contribution in [0.25, 0.3) is 5.57 Å². The minimum absolute atomic E-state index is 0.616. The van der Waals surface area contributed by atoms with Crippen LogP contribution in [0.15, 0.2) is 83.5 Å². The molecule has 20 heavy (non-hydrogen) atoms. The van der Waals surface area contributed by atoms with Crippen LogP contribution in [-0.2, 0) is 0 Å². The van der Waals surface area contributed by atoms with Crippen LogP contribution in [0.4, 0.5) is 0 Å². The first-order chi connectivity index (χ1) is 9.92. The summed E-state index contributed by atoms with van der Waals surface area (Å²) in [5.41, 5.74) is 7.38. The van der Waals surface area contributed by atoms with Gasteiger partial charge in [0.1, 0.15) is 0 Å². The Bertz CT molecular complexity index is 678. The van der Waals surface area contributed by atoms with E-state index in [0.717, 1.165) is 12.8 Å². The van der Waals surface area contributed by atoms with Crippen molar-refractivity contribution in [2.24, 2.45) is 5.92 Å². The van der Waals surface area contributed by atoms with E-state index in [2.05, 4.69) is 66.8 Å². The molecule has 0 N–H and O–H groups in total. The Morgan fingerprint density at radius 3 is 2.80 bits per heavy atom. The predicted molar refractivity (Wildman–Crippen MR) is 85.1 cm³/mol. The van der Waals surface area contributed by atoms with Crippen LogP contribution in [0.1, 0.15) is 24.8 Å². The Morgan fingerprint density at radius 1 is 1.00 bits per heavy atom. The maximum Gasteiger partial charge on any atom is 0.00588 e. The number of benzene rings is 1. The van der Waals surface area contributed by atoms with E-state index in [0.29, 0.717) is 5.92 Å². The quantitative estimate of drug-likeness (QED) is 0.646. The Hall–Kier alpha value is -2.08. The molecule has 0 heteroatoms. The summed E-state index contributed by atoms with van der Waals surface area (Å²) in [5.74, 6) is 0.616. The van der Waals surface area contributed by atoms with Crippen molar-refractivity contribution in [2.45, 2.75) is 19.3 Å². The van der Waals surface area contributed by atoms with Crippen LogP contribution in [0.5, 0.6) is 0 Å². The summed E-state index contributed by atoms with van der Waals surface area (Å²) in [6, 6.07) is 10.8. The largest absolute Gasteiger partial charge is 0.0836 e. The van der Waals surface area contributed by atoms with E-state index in [1.807, 2.05) is 0 Å². The van der Waals surface area contributed by atoms with Crippen molar-refractivity contribution in [2.75, 3.05) is 0 Å². The highest BCUT2D eigenvalue weighted by atomic mass is 14.3. The molecule has 98 valence electrons. The number of hydrogen-bond donors (Lipinski definition) is 0. The Labute approximate surface area is 120 Å². The third kappa shape index (κ3) is 1.92. The van der Waals surface area contributed by atoms with Gasteiger partial charge in [-0.25, -0.2) is 0 Å². The van der Waals surface area contributed by atoms with Gasteiger partial charge < -0.3 is 0 Å². The molecule has 0 radical (unpaired) electrons. The predicted octanol–water partition coefficient (Wildman–Crippen LogP) is 5.23. The van der Waals surface area contributed by atoms with E-state index in [1.165, 1.54) is 23.1 Å². The fourth-order valence-corrected chi connectivity index (χ4v) is 3.46. The molecule has 3 aliphatic carbocycles. The van der Waals surface area contributed by atoms with Crippen LogP contribution in [0.3, 0.4) is 0 Å². The molecular formula is C20H18. The van der Waals surface area contributed by atoms with Crippen LogP contribution < -0.4 is 0 Å². The molecule has 1 unspecified atom stereocenters. The lowest BCUT2D eigenvalue weighted by Gasteiger charge is -2.29. The van der Waals surface area contributed by atoms with E-state index < -0.39 is 0 Å². The maximum atomic E-state index is 2.39. The first kappa shape index (κ1) is 11.7. The summed E-state index contributed by atoms with van der Waals surface area (Å²) in [5, 5.41) is 0. The van der Waals surface area contributed by atoms with E-state index in [4.69, 9.17) is 0 Å². The monoisotopic (exact) mass is 258 g/mol. The molecule has 0 heterocycles. The highest BCUT2D eigenvalue weighted by Crippen LogP contribution is 2.41. The molecule has 0 aliphatic heterocycles. The molecule has 4 rings (SSSR count). The van der Waals surface area contributed by atoms with Gasteiger partial charge in [0, 0.05) is 5.92 Å². The minimum atomic E-state index is 0.616. The van der Waals surface area contributed by atoms with Crippen molar-refractivity contribution in [1.82, 2.24) is 0 Å². The Morgan fingerprint density at radius 2 is 1.90 bits per heavy atom. The lowest BCUT2D eigenvalue weighted by molar-refractivity contribution is 0.742. The smallest absolute Gasteiger partial charge is 0.00588 e. The SMILES string of the molecule is C1=CCC2C=CC3=C(CCC(c4ccccc4)=C3)C2=C1. The second kappa shape index (κ2) is 4.79. The third-order valence-electron chi connectivity index (χ3n) is 4.53. The lowest BCUT2D eigenvalue weighted by Crippen LogP contribution is -2.13. The lowest BCUT2D eigenvalue weighted by atomic mass is 9.75. The molecule has 1 aromatic carbocycles. The fourth-order valence-electron chi connectivity index (χ4n) is 3.46. The van der Waals surface area contributed by atoms with E-state index >= 15 is 0 Å². The van der Waals surface area contributed by atoms with Gasteiger partial charge in [0.2, 0.25) is 0 Å². The van der Waals surface area contributed by atoms with Crippen molar-refractivity contribution in [1.29, 1.82) is 0 Å². The Kier molecular flexibility index (Phi) is 2.81. The molecule has 0 saturated heterocycles. The third-order valence-corrected chi connectivity index (χ3v) is 4.53. The maximum absolute atomic E-state index is 2.39. The summed E-state index contributed by atoms with van der Waals surface area (Å²) in [4.78, 5) is 0. The van der Waals surface area contributed by atoms with Gasteiger partial charge in [-0.2, -0.15) is 0 Å². The summed E-state index contributed by atoms with van der Waals surface area (Å²) < 4.78 is 0. The first-order valence-corrected chi connectivity index (χ1v) is 7.46. The van der Waals surface area contributed by atoms with Gasteiger partial charge in [0.15, 0.2) is 0 Å². The van der Waals surface area contributed by atoms with E-state index in [9.17, 15) is 0 Å². The van der Waals surface area contributed by atoms with Gasteiger partial charge in [-0.1, -0.05) is 66.8 Å². The Balaban J connectivity index is 1.76. The molecule has 0 amide bonds. The van der Waals surface area contributed by atoms with Gasteiger partial charge in [0.05, 0.1) is 0 Å². The number of fused-ring (bicyclic) bond motifs is 2. The molecule has 0 bridgehead atoms. The second-order valence-corrected chi connectivity index (χ2v) is 5.72. The molecule has 0 nitrogen and oxygen atoms in total. The van der Waals surface area contributed by atoms with Crippen molar-refractivity contribution in [3.05, 3.63) is 89.1 Å². The molecule has 1 aromatic rings. The molecule has 0 aromatic heterocycles. The fraction of sp³-hybridized carbons (Fsp3) is 0.200. The van der Waals surface area contributed by atoms with E-state index in [-0.39, 0.29) is 0 Å². The van der Waals surface area contributed by atoms with Crippen molar-refractivity contribution in [3.8, 4) is 0 Å². The van der Waals surface area contributed by atoms with Gasteiger partial charge in [0.25, 0.3) is 0 Å². The van der Waals surface area contributed by atoms with Gasteiger partial charge in [-0.3, -0.25) is 0 Å². The molecule has 1 atom stereocenters. The molecule has 3 aliphatic rings. The van der Waals surface area contributed by atoms with Crippen LogP contribution in [0, 0.1) is 5.92 Å². The van der Waals surface area contributed by atoms with Crippen molar-refractivity contribution >= 4 is 5.57 Å². The molecule has 0 fully saturated rings. The average molecular weight is 258 g/mol. The number of allylic oxidation sites excluding steroid dienone is 10. The first-order valence-electron chi connectivity index (χ1n) is 7.46. The van der Waals surface area contributed by atoms with Crippen molar-refractivity contribution in [3.63, 3.8) is 0 Å². The summed E-state index contributed by atoms with van der Waals surface area (Å²) >= 11 is 0. The van der Waals surface area contributed by atoms with Crippen LogP contribution >= 0.6 is 0 Å². The summed E-state index contributed by atoms with van der Waals surface area (Å²) in [7, 11) is 0. The van der Waals surface area contributed by atoms with Gasteiger partial charge >= 0.3 is 0 Å². The molecule has 0 saturated carbocycles. The topological polar surface area (TPSA) is 0 Å². The summed E-state index contributed by atoms with van der Waals surface area (Å²) in [6.45, 7) is 0. The van der Waals surface area contributed by atoms with E-state index in [1.54, 1.807) is 11.1 Å². The van der Waals surface area contributed by atoms with Gasteiger partial charge in [-0.15, -0.1) is 0 Å². The standard InChI is InChI=1S/C20H18/c1-2-6-15(7-3-1)17-12-13-20-18(14-17)11-10-16-8-4-5-9-19(16)20/h1-7,9-11,14,16H,8,12-13H2. The van der Waals surface area contributed by atoms with Crippen LogP contribution in [-0.4, -0.2) is 0 Å². The second-order valence-electron chi connectivity index (χ2n) is 5.72. The highest BCUT2D eigenvalue weighted by molar-refractivity contribution is 5.73. The molecule has 0 spiro atoms. The van der Waals surface area contributed by atoms with Crippen LogP contribution in [0.2, 0.25) is 0 Å².